The Morgan fingerprint density at radius 2 is 1.96 bits per heavy atom. The number of anilines is 1. The van der Waals surface area contributed by atoms with Crippen LogP contribution in [0.1, 0.15) is 22.8 Å². The molecule has 23 heavy (non-hydrogen) atoms. The summed E-state index contributed by atoms with van der Waals surface area (Å²) in [5.74, 6) is 0.490. The maximum absolute atomic E-state index is 11.6. The zero-order chi connectivity index (χ0) is 16.2. The molecule has 0 saturated carbocycles. The average Bonchev–Trinajstić information content (AvgIpc) is 2.96. The first-order valence-electron chi connectivity index (χ1n) is 7.89. The van der Waals surface area contributed by atoms with Crippen LogP contribution in [0, 0.1) is 0 Å². The van der Waals surface area contributed by atoms with Crippen molar-refractivity contribution in [3.63, 3.8) is 0 Å². The van der Waals surface area contributed by atoms with E-state index in [-0.39, 0.29) is 12.4 Å². The smallest absolute Gasteiger partial charge is 0.163 e. The second-order valence-corrected chi connectivity index (χ2v) is 5.84. The molecule has 3 rings (SSSR count). The number of aliphatic hydroxyl groups is 1. The lowest BCUT2D eigenvalue weighted by atomic mass is 10.1. The minimum absolute atomic E-state index is 0.0384. The van der Waals surface area contributed by atoms with Gasteiger partial charge in [-0.05, 0) is 37.1 Å². The minimum Gasteiger partial charge on any atom is -0.490 e. The summed E-state index contributed by atoms with van der Waals surface area (Å²) < 4.78 is 5.66. The van der Waals surface area contributed by atoms with E-state index in [1.807, 2.05) is 18.2 Å². The van der Waals surface area contributed by atoms with Crippen molar-refractivity contribution >= 4 is 11.5 Å². The first-order chi connectivity index (χ1) is 11.1. The Morgan fingerprint density at radius 3 is 2.78 bits per heavy atom. The predicted octanol–water partition coefficient (Wildman–Crippen LogP) is 2.69. The monoisotopic (exact) mass is 311 g/mol. The van der Waals surface area contributed by atoms with Gasteiger partial charge < -0.3 is 14.7 Å². The number of para-hydroxylation sites is 2. The van der Waals surface area contributed by atoms with E-state index in [1.54, 1.807) is 18.2 Å². The summed E-state index contributed by atoms with van der Waals surface area (Å²) in [5, 5.41) is 10.3. The van der Waals surface area contributed by atoms with E-state index < -0.39 is 6.10 Å². The second-order valence-electron chi connectivity index (χ2n) is 5.84. The summed E-state index contributed by atoms with van der Waals surface area (Å²) in [6, 6.07) is 15.4. The molecule has 1 N–H and O–H groups in total. The molecule has 0 saturated heterocycles. The Morgan fingerprint density at radius 1 is 1.22 bits per heavy atom. The summed E-state index contributed by atoms with van der Waals surface area (Å²) in [4.78, 5) is 13.8. The van der Waals surface area contributed by atoms with Crippen LogP contribution in [0.15, 0.2) is 48.5 Å². The van der Waals surface area contributed by atoms with Crippen molar-refractivity contribution in [3.8, 4) is 5.75 Å². The van der Waals surface area contributed by atoms with Crippen LogP contribution >= 0.6 is 0 Å². The van der Waals surface area contributed by atoms with Crippen LogP contribution in [0.3, 0.4) is 0 Å². The molecule has 4 nitrogen and oxygen atoms in total. The molecule has 0 spiro atoms. The van der Waals surface area contributed by atoms with Crippen LogP contribution in [0.4, 0.5) is 5.69 Å². The topological polar surface area (TPSA) is 49.8 Å². The van der Waals surface area contributed by atoms with Crippen LogP contribution in [-0.4, -0.2) is 36.7 Å². The predicted molar refractivity (Wildman–Crippen MR) is 90.3 cm³/mol. The van der Waals surface area contributed by atoms with Crippen molar-refractivity contribution in [2.45, 2.75) is 19.4 Å². The summed E-state index contributed by atoms with van der Waals surface area (Å²) in [7, 11) is 0. The van der Waals surface area contributed by atoms with E-state index in [4.69, 9.17) is 4.74 Å². The van der Waals surface area contributed by atoms with E-state index in [0.717, 1.165) is 13.0 Å². The van der Waals surface area contributed by atoms with Crippen LogP contribution in [0.5, 0.6) is 5.75 Å². The number of Topliss-reactive ketones (excluding diaryl/α,β-unsaturated/α-hetero) is 1. The van der Waals surface area contributed by atoms with Gasteiger partial charge in [0.1, 0.15) is 18.5 Å². The largest absolute Gasteiger partial charge is 0.490 e. The summed E-state index contributed by atoms with van der Waals surface area (Å²) in [6.07, 6.45) is 0.401. The minimum atomic E-state index is -0.610. The Bertz CT molecular complexity index is 699. The zero-order valence-electron chi connectivity index (χ0n) is 13.2. The fourth-order valence-electron chi connectivity index (χ4n) is 2.97. The van der Waals surface area contributed by atoms with E-state index >= 15 is 0 Å². The third-order valence-electron chi connectivity index (χ3n) is 4.11. The number of carbonyl (C=O) groups excluding carboxylic acids is 1. The lowest BCUT2D eigenvalue weighted by molar-refractivity contribution is 0.0986. The van der Waals surface area contributed by atoms with Crippen molar-refractivity contribution in [1.82, 2.24) is 0 Å². The zero-order valence-corrected chi connectivity index (χ0v) is 13.2. The Hall–Kier alpha value is -2.33. The van der Waals surface area contributed by atoms with Gasteiger partial charge in [-0.3, -0.25) is 4.79 Å². The van der Waals surface area contributed by atoms with Gasteiger partial charge in [-0.15, -0.1) is 0 Å². The maximum Gasteiger partial charge on any atom is 0.163 e. The quantitative estimate of drug-likeness (QED) is 0.833. The van der Waals surface area contributed by atoms with E-state index in [2.05, 4.69) is 17.0 Å². The van der Waals surface area contributed by atoms with Gasteiger partial charge >= 0.3 is 0 Å². The van der Waals surface area contributed by atoms with E-state index in [0.29, 0.717) is 17.9 Å². The molecule has 1 heterocycles. The molecule has 1 atom stereocenters. The van der Waals surface area contributed by atoms with Gasteiger partial charge in [0.05, 0.1) is 5.56 Å². The maximum atomic E-state index is 11.6. The number of hydrogen-bond acceptors (Lipinski definition) is 4. The number of fused-ring (bicyclic) bond motifs is 1. The molecular formula is C19H21NO3. The Kier molecular flexibility index (Phi) is 4.63. The summed E-state index contributed by atoms with van der Waals surface area (Å²) >= 11 is 0. The number of β-amino-alcohol motifs (C(OH)–C–C–N with tert-alkyl or cyclic N) is 1. The number of ketones is 1. The Labute approximate surface area is 136 Å². The third-order valence-corrected chi connectivity index (χ3v) is 4.11. The molecule has 120 valence electrons. The van der Waals surface area contributed by atoms with E-state index in [9.17, 15) is 9.90 Å². The molecule has 4 heteroatoms. The van der Waals surface area contributed by atoms with Crippen molar-refractivity contribution in [2.24, 2.45) is 0 Å². The number of ether oxygens (including phenoxy) is 1. The van der Waals surface area contributed by atoms with Gasteiger partial charge in [0.15, 0.2) is 5.78 Å². The third kappa shape index (κ3) is 3.54. The highest BCUT2D eigenvalue weighted by atomic mass is 16.5. The highest BCUT2D eigenvalue weighted by Crippen LogP contribution is 2.27. The van der Waals surface area contributed by atoms with Gasteiger partial charge in [-0.25, -0.2) is 0 Å². The number of rotatable bonds is 6. The van der Waals surface area contributed by atoms with Gasteiger partial charge in [-0.2, -0.15) is 0 Å². The molecule has 0 aliphatic carbocycles. The van der Waals surface area contributed by atoms with Crippen molar-refractivity contribution in [3.05, 3.63) is 59.7 Å². The lowest BCUT2D eigenvalue weighted by Gasteiger charge is -2.23. The van der Waals surface area contributed by atoms with Gasteiger partial charge in [0.2, 0.25) is 0 Å². The molecule has 0 amide bonds. The summed E-state index contributed by atoms with van der Waals surface area (Å²) in [6.45, 7) is 3.13. The average molecular weight is 311 g/mol. The highest BCUT2D eigenvalue weighted by molar-refractivity contribution is 5.96. The molecule has 1 aliphatic rings. The van der Waals surface area contributed by atoms with Crippen molar-refractivity contribution in [2.75, 3.05) is 24.6 Å². The van der Waals surface area contributed by atoms with Crippen LogP contribution < -0.4 is 9.64 Å². The number of benzene rings is 2. The normalized spacial score (nSPS) is 14.4. The SMILES string of the molecule is CC(=O)c1ccccc1OCC(O)CN1CCc2ccccc21. The molecule has 2 aromatic rings. The van der Waals surface area contributed by atoms with Gasteiger partial charge in [0, 0.05) is 18.8 Å². The molecular weight excluding hydrogens is 290 g/mol. The molecule has 0 radical (unpaired) electrons. The first kappa shape index (κ1) is 15.6. The van der Waals surface area contributed by atoms with Crippen LogP contribution in [0.2, 0.25) is 0 Å². The molecule has 0 aromatic heterocycles. The molecule has 0 fully saturated rings. The van der Waals surface area contributed by atoms with Crippen LogP contribution in [-0.2, 0) is 6.42 Å². The summed E-state index contributed by atoms with van der Waals surface area (Å²) in [5.41, 5.74) is 3.06. The first-order valence-corrected chi connectivity index (χ1v) is 7.89. The lowest BCUT2D eigenvalue weighted by Crippen LogP contribution is -2.34. The standard InChI is InChI=1S/C19H21NO3/c1-14(21)17-7-3-5-9-19(17)23-13-16(22)12-20-11-10-15-6-2-4-8-18(15)20/h2-9,16,22H,10-13H2,1H3. The molecule has 1 aliphatic heterocycles. The van der Waals surface area contributed by atoms with Crippen LogP contribution in [0.25, 0.3) is 0 Å². The van der Waals surface area contributed by atoms with Crippen molar-refractivity contribution < 1.29 is 14.6 Å². The molecule has 1 unspecified atom stereocenters. The number of aliphatic hydroxyl groups excluding tert-OH is 1. The van der Waals surface area contributed by atoms with Gasteiger partial charge in [0.25, 0.3) is 0 Å². The number of carbonyl (C=O) groups is 1. The van der Waals surface area contributed by atoms with Crippen molar-refractivity contribution in [1.29, 1.82) is 0 Å². The Balaban J connectivity index is 1.59. The fourth-order valence-corrected chi connectivity index (χ4v) is 2.97. The van der Waals surface area contributed by atoms with Gasteiger partial charge in [-0.1, -0.05) is 30.3 Å². The number of hydrogen-bond donors (Lipinski definition) is 1. The molecule has 2 aromatic carbocycles. The number of nitrogens with zero attached hydrogens (tertiary/aromatic N) is 1. The highest BCUT2D eigenvalue weighted by Gasteiger charge is 2.21. The fraction of sp³-hybridized carbons (Fsp3) is 0.316. The van der Waals surface area contributed by atoms with E-state index in [1.165, 1.54) is 18.2 Å². The molecule has 0 bridgehead atoms. The second kappa shape index (κ2) is 6.84.